The van der Waals surface area contributed by atoms with Gasteiger partial charge >= 0.3 is 12.1 Å². The lowest BCUT2D eigenvalue weighted by atomic mass is 10.0. The van der Waals surface area contributed by atoms with Crippen LogP contribution in [0.4, 0.5) is 4.79 Å². The zero-order chi connectivity index (χ0) is 22.8. The van der Waals surface area contributed by atoms with Gasteiger partial charge in [-0.3, -0.25) is 0 Å². The summed E-state index contributed by atoms with van der Waals surface area (Å²) in [6.07, 6.45) is 2.55. The number of hydrogen-bond donors (Lipinski definition) is 1. The number of aromatic nitrogens is 3. The first-order valence-corrected chi connectivity index (χ1v) is 10.6. The Balaban J connectivity index is 1.48. The predicted molar refractivity (Wildman–Crippen MR) is 119 cm³/mol. The predicted octanol–water partition coefficient (Wildman–Crippen LogP) is 3.31. The van der Waals surface area contributed by atoms with E-state index >= 15 is 0 Å². The molecule has 0 aliphatic rings. The van der Waals surface area contributed by atoms with E-state index in [9.17, 15) is 9.59 Å². The molecular weight excluding hydrogens is 408 g/mol. The van der Waals surface area contributed by atoms with Gasteiger partial charge in [-0.05, 0) is 43.4 Å². The maximum Gasteiger partial charge on any atom is 0.408 e. The molecule has 8 nitrogen and oxygen atoms in total. The van der Waals surface area contributed by atoms with E-state index in [1.807, 2.05) is 30.3 Å². The van der Waals surface area contributed by atoms with Crippen molar-refractivity contribution >= 4 is 12.1 Å². The highest BCUT2D eigenvalue weighted by molar-refractivity contribution is 5.78. The number of nitrogens with one attached hydrogen (secondary N) is 1. The van der Waals surface area contributed by atoms with Crippen molar-refractivity contribution in [3.63, 3.8) is 0 Å². The Morgan fingerprint density at radius 2 is 1.59 bits per heavy atom. The topological polar surface area (TPSA) is 95.3 Å². The van der Waals surface area contributed by atoms with Gasteiger partial charge in [0.1, 0.15) is 12.7 Å². The van der Waals surface area contributed by atoms with Gasteiger partial charge < -0.3 is 14.8 Å². The van der Waals surface area contributed by atoms with Crippen LogP contribution in [-0.2, 0) is 40.2 Å². The van der Waals surface area contributed by atoms with E-state index in [4.69, 9.17) is 9.47 Å². The summed E-state index contributed by atoms with van der Waals surface area (Å²) in [5.74, 6) is -0.631. The lowest BCUT2D eigenvalue weighted by Gasteiger charge is -2.18. The first-order valence-electron chi connectivity index (χ1n) is 10.6. The van der Waals surface area contributed by atoms with Crippen molar-refractivity contribution in [2.45, 2.75) is 52.0 Å². The number of rotatable bonds is 10. The first-order chi connectivity index (χ1) is 15.5. The molecule has 3 aromatic rings. The van der Waals surface area contributed by atoms with Gasteiger partial charge in [-0.15, -0.1) is 0 Å². The van der Waals surface area contributed by atoms with E-state index in [2.05, 4.69) is 39.7 Å². The second-order valence-corrected chi connectivity index (χ2v) is 7.65. The summed E-state index contributed by atoms with van der Waals surface area (Å²) in [5.41, 5.74) is 3.46. The zero-order valence-electron chi connectivity index (χ0n) is 18.3. The fourth-order valence-corrected chi connectivity index (χ4v) is 3.07. The summed E-state index contributed by atoms with van der Waals surface area (Å²) < 4.78 is 11.9. The summed E-state index contributed by atoms with van der Waals surface area (Å²) >= 11 is 0. The molecule has 0 aliphatic heterocycles. The number of alkyl carbamates (subject to hydrolysis) is 1. The van der Waals surface area contributed by atoms with Crippen molar-refractivity contribution in [1.29, 1.82) is 0 Å². The van der Waals surface area contributed by atoms with E-state index in [1.165, 1.54) is 28.5 Å². The molecule has 0 saturated heterocycles. The average molecular weight is 437 g/mol. The molecule has 2 aromatic carbocycles. The number of benzene rings is 2. The number of amides is 1. The third-order valence-electron chi connectivity index (χ3n) is 4.69. The Morgan fingerprint density at radius 1 is 0.938 bits per heavy atom. The van der Waals surface area contributed by atoms with Crippen LogP contribution in [0.25, 0.3) is 0 Å². The van der Waals surface area contributed by atoms with Gasteiger partial charge in [0, 0.05) is 6.54 Å². The van der Waals surface area contributed by atoms with Crippen molar-refractivity contribution in [1.82, 2.24) is 20.1 Å². The Morgan fingerprint density at radius 3 is 2.22 bits per heavy atom. The van der Waals surface area contributed by atoms with E-state index in [0.29, 0.717) is 0 Å². The van der Waals surface area contributed by atoms with Gasteiger partial charge in [-0.25, -0.2) is 19.3 Å². The van der Waals surface area contributed by atoms with Crippen LogP contribution < -0.4 is 5.32 Å². The SMILES string of the molecule is CC(C)OC(=O)C(Cn1cncn1)OC(=O)NCc1ccc(CCc2ccccc2)cc1. The summed E-state index contributed by atoms with van der Waals surface area (Å²) in [6.45, 7) is 3.77. The van der Waals surface area contributed by atoms with Crippen molar-refractivity contribution in [3.8, 4) is 0 Å². The van der Waals surface area contributed by atoms with Crippen molar-refractivity contribution < 1.29 is 19.1 Å². The Hall–Kier alpha value is -3.68. The highest BCUT2D eigenvalue weighted by Gasteiger charge is 2.26. The fraction of sp³-hybridized carbons (Fsp3) is 0.333. The van der Waals surface area contributed by atoms with E-state index < -0.39 is 18.2 Å². The minimum Gasteiger partial charge on any atom is -0.460 e. The summed E-state index contributed by atoms with van der Waals surface area (Å²) in [4.78, 5) is 28.4. The lowest BCUT2D eigenvalue weighted by molar-refractivity contribution is -0.158. The lowest BCUT2D eigenvalue weighted by Crippen LogP contribution is -2.38. The molecule has 1 amide bonds. The molecule has 1 atom stereocenters. The molecule has 3 rings (SSSR count). The summed E-state index contributed by atoms with van der Waals surface area (Å²) in [6, 6.07) is 18.4. The third kappa shape index (κ3) is 7.54. The first kappa shape index (κ1) is 23.0. The van der Waals surface area contributed by atoms with E-state index in [1.54, 1.807) is 13.8 Å². The number of hydrogen-bond acceptors (Lipinski definition) is 6. The van der Waals surface area contributed by atoms with Crippen molar-refractivity contribution in [2.24, 2.45) is 0 Å². The Kier molecular flexibility index (Phi) is 8.36. The van der Waals surface area contributed by atoms with Gasteiger partial charge in [-0.1, -0.05) is 54.6 Å². The quantitative estimate of drug-likeness (QED) is 0.490. The molecule has 0 bridgehead atoms. The van der Waals surface area contributed by atoms with Gasteiger partial charge in [0.15, 0.2) is 0 Å². The van der Waals surface area contributed by atoms with Crippen LogP contribution in [-0.4, -0.2) is 39.0 Å². The molecule has 8 heteroatoms. The molecule has 1 heterocycles. The molecule has 0 spiro atoms. The molecule has 1 unspecified atom stereocenters. The molecule has 32 heavy (non-hydrogen) atoms. The van der Waals surface area contributed by atoms with Gasteiger partial charge in [0.2, 0.25) is 6.10 Å². The minimum absolute atomic E-state index is 0.0229. The van der Waals surface area contributed by atoms with Crippen LogP contribution in [0.1, 0.15) is 30.5 Å². The fourth-order valence-electron chi connectivity index (χ4n) is 3.07. The Bertz CT molecular complexity index is 973. The third-order valence-corrected chi connectivity index (χ3v) is 4.69. The number of aryl methyl sites for hydroxylation is 2. The maximum absolute atomic E-state index is 12.3. The second-order valence-electron chi connectivity index (χ2n) is 7.65. The zero-order valence-corrected chi connectivity index (χ0v) is 18.3. The van der Waals surface area contributed by atoms with Crippen molar-refractivity contribution in [2.75, 3.05) is 0 Å². The average Bonchev–Trinajstić information content (AvgIpc) is 3.30. The highest BCUT2D eigenvalue weighted by atomic mass is 16.6. The van der Waals surface area contributed by atoms with Crippen LogP contribution in [0.3, 0.4) is 0 Å². The van der Waals surface area contributed by atoms with Gasteiger partial charge in [-0.2, -0.15) is 5.10 Å². The molecular formula is C24H28N4O4. The molecule has 1 N–H and O–H groups in total. The smallest absolute Gasteiger partial charge is 0.408 e. The number of carbonyl (C=O) groups excluding carboxylic acids is 2. The second kappa shape index (κ2) is 11.6. The maximum atomic E-state index is 12.3. The normalized spacial score (nSPS) is 11.7. The van der Waals surface area contributed by atoms with Crippen molar-refractivity contribution in [3.05, 3.63) is 83.9 Å². The molecule has 0 fully saturated rings. The number of ether oxygens (including phenoxy) is 2. The largest absolute Gasteiger partial charge is 0.460 e. The Labute approximate surface area is 187 Å². The molecule has 0 radical (unpaired) electrons. The monoisotopic (exact) mass is 436 g/mol. The van der Waals surface area contributed by atoms with Crippen LogP contribution in [0.15, 0.2) is 67.3 Å². The van der Waals surface area contributed by atoms with Gasteiger partial charge in [0.05, 0.1) is 12.6 Å². The standard InChI is InChI=1S/C24H28N4O4/c1-18(2)31-23(29)22(15-28-17-25-16-27-28)32-24(30)26-14-21-12-10-20(11-13-21)9-8-19-6-4-3-5-7-19/h3-7,10-13,16-18,22H,8-9,14-15H2,1-2H3,(H,26,30). The van der Waals surface area contributed by atoms with E-state index in [-0.39, 0.29) is 19.2 Å². The molecule has 0 aliphatic carbocycles. The number of nitrogens with zero attached hydrogens (tertiary/aromatic N) is 3. The minimum atomic E-state index is -1.13. The van der Waals surface area contributed by atoms with Crippen LogP contribution >= 0.6 is 0 Å². The molecule has 168 valence electrons. The molecule has 0 saturated carbocycles. The van der Waals surface area contributed by atoms with Crippen LogP contribution in [0.5, 0.6) is 0 Å². The summed E-state index contributed by atoms with van der Waals surface area (Å²) in [7, 11) is 0. The van der Waals surface area contributed by atoms with Gasteiger partial charge in [0.25, 0.3) is 0 Å². The van der Waals surface area contributed by atoms with E-state index in [0.717, 1.165) is 18.4 Å². The summed E-state index contributed by atoms with van der Waals surface area (Å²) in [5, 5.41) is 6.63. The van der Waals surface area contributed by atoms with Crippen LogP contribution in [0.2, 0.25) is 0 Å². The molecule has 1 aromatic heterocycles. The number of carbonyl (C=O) groups is 2. The van der Waals surface area contributed by atoms with Crippen LogP contribution in [0, 0.1) is 0 Å². The highest BCUT2D eigenvalue weighted by Crippen LogP contribution is 2.10. The number of esters is 1.